The monoisotopic (exact) mass is 619 g/mol. The standard InChI is InChI=1S/C23H15Br2N3O4S2/c24-15-1-6-18(7-2-15)33(29,30)27-17-5-10-22-20(13-17)21-14-26-12-11-23(21)28(22)34(31,32)19-8-3-16(25)4-9-19/h1-14,27H. The summed E-state index contributed by atoms with van der Waals surface area (Å²) in [4.78, 5) is 4.39. The molecule has 34 heavy (non-hydrogen) atoms. The van der Waals surface area contributed by atoms with Crippen molar-refractivity contribution in [3.8, 4) is 0 Å². The molecule has 0 amide bonds. The fourth-order valence-electron chi connectivity index (χ4n) is 3.69. The minimum absolute atomic E-state index is 0.109. The van der Waals surface area contributed by atoms with Gasteiger partial charge >= 0.3 is 0 Å². The summed E-state index contributed by atoms with van der Waals surface area (Å²) in [6.07, 6.45) is 3.09. The Hall–Kier alpha value is -2.73. The molecule has 0 spiro atoms. The van der Waals surface area contributed by atoms with Gasteiger partial charge in [-0.3, -0.25) is 9.71 Å². The number of nitrogens with one attached hydrogen (secondary N) is 1. The maximum Gasteiger partial charge on any atom is 0.268 e. The topological polar surface area (TPSA) is 98.1 Å². The number of anilines is 1. The number of fused-ring (bicyclic) bond motifs is 3. The van der Waals surface area contributed by atoms with Crippen LogP contribution in [0, 0.1) is 0 Å². The van der Waals surface area contributed by atoms with Crippen molar-refractivity contribution in [2.75, 3.05) is 4.72 Å². The zero-order valence-electron chi connectivity index (χ0n) is 17.2. The van der Waals surface area contributed by atoms with E-state index in [-0.39, 0.29) is 9.79 Å². The molecule has 1 N–H and O–H groups in total. The average molecular weight is 621 g/mol. The van der Waals surface area contributed by atoms with E-state index in [1.54, 1.807) is 54.7 Å². The Kier molecular flexibility index (Phi) is 5.75. The predicted octanol–water partition coefficient (Wildman–Crippen LogP) is 5.75. The van der Waals surface area contributed by atoms with Crippen molar-refractivity contribution in [1.82, 2.24) is 8.96 Å². The highest BCUT2D eigenvalue weighted by molar-refractivity contribution is 9.10. The van der Waals surface area contributed by atoms with Crippen molar-refractivity contribution in [1.29, 1.82) is 0 Å². The molecule has 2 heterocycles. The lowest BCUT2D eigenvalue weighted by atomic mass is 10.2. The molecular formula is C23H15Br2N3O4S2. The van der Waals surface area contributed by atoms with Gasteiger partial charge in [0.1, 0.15) is 0 Å². The quantitative estimate of drug-likeness (QED) is 0.270. The van der Waals surface area contributed by atoms with Crippen molar-refractivity contribution in [2.24, 2.45) is 0 Å². The molecule has 0 aliphatic carbocycles. The zero-order chi connectivity index (χ0) is 24.1. The number of benzene rings is 3. The summed E-state index contributed by atoms with van der Waals surface area (Å²) in [5.74, 6) is 0. The van der Waals surface area contributed by atoms with Crippen LogP contribution in [0.3, 0.4) is 0 Å². The van der Waals surface area contributed by atoms with Crippen LogP contribution in [0.15, 0.2) is 104 Å². The van der Waals surface area contributed by atoms with Gasteiger partial charge in [0.25, 0.3) is 20.0 Å². The van der Waals surface area contributed by atoms with Gasteiger partial charge in [0, 0.05) is 37.8 Å². The molecule has 3 aromatic carbocycles. The van der Waals surface area contributed by atoms with Gasteiger partial charge in [-0.25, -0.2) is 20.8 Å². The Morgan fingerprint density at radius 2 is 1.29 bits per heavy atom. The number of rotatable bonds is 5. The molecule has 0 aliphatic rings. The van der Waals surface area contributed by atoms with Crippen LogP contribution in [0.5, 0.6) is 0 Å². The average Bonchev–Trinajstić information content (AvgIpc) is 3.14. The zero-order valence-corrected chi connectivity index (χ0v) is 22.0. The van der Waals surface area contributed by atoms with Crippen molar-refractivity contribution in [3.05, 3.63) is 94.1 Å². The molecule has 172 valence electrons. The normalized spacial score (nSPS) is 12.3. The molecule has 11 heteroatoms. The molecule has 7 nitrogen and oxygen atoms in total. The van der Waals surface area contributed by atoms with Crippen LogP contribution in [-0.2, 0) is 20.0 Å². The van der Waals surface area contributed by atoms with Crippen LogP contribution < -0.4 is 4.72 Å². The fourth-order valence-corrected chi connectivity index (χ4v) is 6.80. The van der Waals surface area contributed by atoms with Gasteiger partial charge in [-0.1, -0.05) is 31.9 Å². The third kappa shape index (κ3) is 4.02. The first kappa shape index (κ1) is 23.0. The number of aromatic nitrogens is 2. The highest BCUT2D eigenvalue weighted by atomic mass is 79.9. The first-order valence-electron chi connectivity index (χ1n) is 9.84. The highest BCUT2D eigenvalue weighted by Crippen LogP contribution is 2.34. The molecule has 5 aromatic rings. The van der Waals surface area contributed by atoms with E-state index in [2.05, 4.69) is 41.6 Å². The van der Waals surface area contributed by atoms with Gasteiger partial charge in [-0.05, 0) is 72.8 Å². The van der Waals surface area contributed by atoms with Crippen LogP contribution in [-0.4, -0.2) is 25.8 Å². The molecule has 0 unspecified atom stereocenters. The molecule has 0 atom stereocenters. The van der Waals surface area contributed by atoms with E-state index in [0.29, 0.717) is 27.5 Å². The summed E-state index contributed by atoms with van der Waals surface area (Å²) in [6, 6.07) is 19.0. The number of hydrogen-bond acceptors (Lipinski definition) is 5. The second-order valence-electron chi connectivity index (χ2n) is 7.41. The second-order valence-corrected chi connectivity index (χ2v) is 12.7. The maximum absolute atomic E-state index is 13.6. The molecule has 0 saturated heterocycles. The lowest BCUT2D eigenvalue weighted by molar-refractivity contribution is 0.590. The van der Waals surface area contributed by atoms with Crippen molar-refractivity contribution in [2.45, 2.75) is 9.79 Å². The van der Waals surface area contributed by atoms with Crippen molar-refractivity contribution < 1.29 is 16.8 Å². The smallest absolute Gasteiger partial charge is 0.268 e. The van der Waals surface area contributed by atoms with Crippen LogP contribution in [0.1, 0.15) is 0 Å². The molecule has 5 rings (SSSR count). The van der Waals surface area contributed by atoms with E-state index in [1.807, 2.05) is 0 Å². The van der Waals surface area contributed by atoms with Crippen LogP contribution in [0.2, 0.25) is 0 Å². The van der Waals surface area contributed by atoms with E-state index >= 15 is 0 Å². The van der Waals surface area contributed by atoms with Crippen LogP contribution in [0.25, 0.3) is 21.8 Å². The van der Waals surface area contributed by atoms with E-state index in [0.717, 1.165) is 8.95 Å². The number of pyridine rings is 1. The Morgan fingerprint density at radius 1 is 0.706 bits per heavy atom. The summed E-state index contributed by atoms with van der Waals surface area (Å²) in [5.41, 5.74) is 1.16. The molecule has 0 radical (unpaired) electrons. The number of hydrogen-bond donors (Lipinski definition) is 1. The largest absolute Gasteiger partial charge is 0.280 e. The van der Waals surface area contributed by atoms with E-state index in [1.165, 1.54) is 34.4 Å². The number of halogens is 2. The predicted molar refractivity (Wildman–Crippen MR) is 139 cm³/mol. The molecule has 0 saturated carbocycles. The Labute approximate surface area is 212 Å². The number of sulfonamides is 1. The van der Waals surface area contributed by atoms with Gasteiger partial charge in [0.05, 0.1) is 20.8 Å². The van der Waals surface area contributed by atoms with Crippen molar-refractivity contribution in [3.63, 3.8) is 0 Å². The Bertz CT molecular complexity index is 1770. The lowest BCUT2D eigenvalue weighted by Crippen LogP contribution is -2.13. The third-order valence-electron chi connectivity index (χ3n) is 5.25. The fraction of sp³-hybridized carbons (Fsp3) is 0. The summed E-state index contributed by atoms with van der Waals surface area (Å²) in [6.45, 7) is 0. The second kappa shape index (κ2) is 8.49. The first-order chi connectivity index (χ1) is 16.2. The lowest BCUT2D eigenvalue weighted by Gasteiger charge is -2.11. The van der Waals surface area contributed by atoms with Gasteiger partial charge in [-0.2, -0.15) is 0 Å². The SMILES string of the molecule is O=S(=O)(Nc1ccc2c(c1)c1cnccc1n2S(=O)(=O)c1ccc(Br)cc1)c1ccc(Br)cc1. The van der Waals surface area contributed by atoms with Gasteiger partial charge < -0.3 is 0 Å². The van der Waals surface area contributed by atoms with E-state index in [4.69, 9.17) is 0 Å². The maximum atomic E-state index is 13.6. The summed E-state index contributed by atoms with van der Waals surface area (Å²) < 4.78 is 58.2. The van der Waals surface area contributed by atoms with Crippen LogP contribution >= 0.6 is 31.9 Å². The number of nitrogens with zero attached hydrogens (tertiary/aromatic N) is 2. The van der Waals surface area contributed by atoms with E-state index < -0.39 is 20.0 Å². The highest BCUT2D eigenvalue weighted by Gasteiger charge is 2.24. The summed E-state index contributed by atoms with van der Waals surface area (Å²) >= 11 is 6.62. The minimum Gasteiger partial charge on any atom is -0.280 e. The van der Waals surface area contributed by atoms with Gasteiger partial charge in [0.2, 0.25) is 0 Å². The molecule has 0 fully saturated rings. The first-order valence-corrected chi connectivity index (χ1v) is 14.4. The van der Waals surface area contributed by atoms with Crippen molar-refractivity contribution >= 4 is 79.4 Å². The van der Waals surface area contributed by atoms with E-state index in [9.17, 15) is 16.8 Å². The molecule has 0 aliphatic heterocycles. The Balaban J connectivity index is 1.67. The molecule has 0 bridgehead atoms. The van der Waals surface area contributed by atoms with Crippen LogP contribution in [0.4, 0.5) is 5.69 Å². The molecular weight excluding hydrogens is 606 g/mol. The summed E-state index contributed by atoms with van der Waals surface area (Å²) in [7, 11) is -7.77. The van der Waals surface area contributed by atoms with Gasteiger partial charge in [0.15, 0.2) is 0 Å². The summed E-state index contributed by atoms with van der Waals surface area (Å²) in [5, 5.41) is 1.14. The van der Waals surface area contributed by atoms with Gasteiger partial charge in [-0.15, -0.1) is 0 Å². The Morgan fingerprint density at radius 3 is 1.94 bits per heavy atom. The minimum atomic E-state index is -3.94. The molecule has 2 aromatic heterocycles. The third-order valence-corrected chi connectivity index (χ3v) is 9.45.